The van der Waals surface area contributed by atoms with Crippen molar-refractivity contribution in [3.8, 4) is 5.75 Å². The molecule has 0 atom stereocenters. The van der Waals surface area contributed by atoms with Crippen LogP contribution in [-0.2, 0) is 7.05 Å². The minimum absolute atomic E-state index is 0.0117. The molecular formula is C14H15N3O4. The number of carboxylic acids is 1. The largest absolute Gasteiger partial charge is 0.497 e. The number of hydrogen-bond acceptors (Lipinski definition) is 4. The Hall–Kier alpha value is -2.83. The summed E-state index contributed by atoms with van der Waals surface area (Å²) in [4.78, 5) is 23.3. The zero-order valence-corrected chi connectivity index (χ0v) is 11.9. The summed E-state index contributed by atoms with van der Waals surface area (Å²) in [6.45, 7) is 1.77. The molecular weight excluding hydrogens is 274 g/mol. The molecule has 0 unspecified atom stereocenters. The zero-order valence-electron chi connectivity index (χ0n) is 11.9. The molecule has 2 aromatic rings. The van der Waals surface area contributed by atoms with E-state index in [1.54, 1.807) is 24.9 Å². The van der Waals surface area contributed by atoms with Crippen molar-refractivity contribution in [1.29, 1.82) is 0 Å². The first-order chi connectivity index (χ1) is 9.90. The molecule has 0 fully saturated rings. The molecule has 1 heterocycles. The van der Waals surface area contributed by atoms with E-state index in [1.807, 2.05) is 0 Å². The quantitative estimate of drug-likeness (QED) is 0.893. The van der Waals surface area contributed by atoms with Crippen molar-refractivity contribution in [1.82, 2.24) is 9.78 Å². The van der Waals surface area contributed by atoms with Crippen LogP contribution < -0.4 is 10.1 Å². The predicted molar refractivity (Wildman–Crippen MR) is 75.9 cm³/mol. The van der Waals surface area contributed by atoms with Crippen molar-refractivity contribution >= 4 is 17.6 Å². The van der Waals surface area contributed by atoms with Crippen molar-refractivity contribution in [3.05, 3.63) is 41.2 Å². The molecule has 7 nitrogen and oxygen atoms in total. The van der Waals surface area contributed by atoms with Gasteiger partial charge in [0, 0.05) is 18.8 Å². The molecule has 0 saturated heterocycles. The molecule has 2 N–H and O–H groups in total. The van der Waals surface area contributed by atoms with Crippen LogP contribution in [0.3, 0.4) is 0 Å². The van der Waals surface area contributed by atoms with Crippen LogP contribution in [0.25, 0.3) is 0 Å². The van der Waals surface area contributed by atoms with Gasteiger partial charge in [-0.25, -0.2) is 4.79 Å². The lowest BCUT2D eigenvalue weighted by atomic mass is 10.1. The van der Waals surface area contributed by atoms with Crippen LogP contribution in [-0.4, -0.2) is 33.9 Å². The Balaban J connectivity index is 2.32. The molecule has 0 radical (unpaired) electrons. The van der Waals surface area contributed by atoms with Crippen LogP contribution in [0.2, 0.25) is 0 Å². The summed E-state index contributed by atoms with van der Waals surface area (Å²) in [5.41, 5.74) is 1.44. The maximum Gasteiger partial charge on any atom is 0.335 e. The molecule has 0 spiro atoms. The molecule has 0 aliphatic carbocycles. The summed E-state index contributed by atoms with van der Waals surface area (Å²) < 4.78 is 6.60. The van der Waals surface area contributed by atoms with Gasteiger partial charge in [-0.15, -0.1) is 0 Å². The van der Waals surface area contributed by atoms with Gasteiger partial charge in [0.25, 0.3) is 5.91 Å². The van der Waals surface area contributed by atoms with Crippen LogP contribution in [0.15, 0.2) is 24.4 Å². The summed E-state index contributed by atoms with van der Waals surface area (Å²) in [7, 11) is 3.16. The van der Waals surface area contributed by atoms with Crippen LogP contribution >= 0.6 is 0 Å². The molecule has 21 heavy (non-hydrogen) atoms. The Morgan fingerprint density at radius 1 is 1.29 bits per heavy atom. The molecule has 1 aromatic heterocycles. The summed E-state index contributed by atoms with van der Waals surface area (Å²) in [5.74, 6) is -1.24. The molecule has 0 aliphatic heterocycles. The molecule has 110 valence electrons. The number of aryl methyl sites for hydroxylation is 2. The second-order valence-corrected chi connectivity index (χ2v) is 4.51. The summed E-state index contributed by atoms with van der Waals surface area (Å²) in [5, 5.41) is 15.9. The number of ether oxygens (including phenoxy) is 1. The maximum absolute atomic E-state index is 12.2. The van der Waals surface area contributed by atoms with Crippen LogP contribution in [0.5, 0.6) is 5.75 Å². The highest BCUT2D eigenvalue weighted by molar-refractivity contribution is 6.06. The Labute approximate surface area is 121 Å². The number of nitrogens with zero attached hydrogens (tertiary/aromatic N) is 2. The minimum Gasteiger partial charge on any atom is -0.497 e. The number of hydrogen-bond donors (Lipinski definition) is 2. The Morgan fingerprint density at radius 2 is 1.95 bits per heavy atom. The molecule has 7 heteroatoms. The first-order valence-electron chi connectivity index (χ1n) is 6.14. The first kappa shape index (κ1) is 14.6. The van der Waals surface area contributed by atoms with Gasteiger partial charge in [-0.05, 0) is 25.1 Å². The fourth-order valence-corrected chi connectivity index (χ4v) is 1.89. The van der Waals surface area contributed by atoms with Gasteiger partial charge in [0.2, 0.25) is 0 Å². The number of amides is 1. The van der Waals surface area contributed by atoms with Crippen LogP contribution in [0, 0.1) is 6.92 Å². The molecule has 0 aliphatic rings. The highest BCUT2D eigenvalue weighted by Crippen LogP contribution is 2.19. The van der Waals surface area contributed by atoms with Crippen molar-refractivity contribution in [3.63, 3.8) is 0 Å². The summed E-state index contributed by atoms with van der Waals surface area (Å²) >= 11 is 0. The number of aromatic carboxylic acids is 1. The zero-order chi connectivity index (χ0) is 15.6. The van der Waals surface area contributed by atoms with Gasteiger partial charge in [-0.2, -0.15) is 5.10 Å². The van der Waals surface area contributed by atoms with E-state index in [0.717, 1.165) is 0 Å². The maximum atomic E-state index is 12.2. The number of aromatic nitrogens is 2. The number of benzene rings is 1. The third-order valence-corrected chi connectivity index (χ3v) is 2.91. The Kier molecular flexibility index (Phi) is 3.93. The first-order valence-corrected chi connectivity index (χ1v) is 6.14. The molecule has 1 aromatic carbocycles. The molecule has 0 saturated carbocycles. The lowest BCUT2D eigenvalue weighted by Gasteiger charge is -2.07. The third kappa shape index (κ3) is 3.19. The van der Waals surface area contributed by atoms with Gasteiger partial charge in [0.15, 0.2) is 0 Å². The fourth-order valence-electron chi connectivity index (χ4n) is 1.89. The monoisotopic (exact) mass is 289 g/mol. The topological polar surface area (TPSA) is 93.5 Å². The number of anilines is 1. The number of methoxy groups -OCH3 is 1. The lowest BCUT2D eigenvalue weighted by molar-refractivity contribution is 0.0696. The lowest BCUT2D eigenvalue weighted by Crippen LogP contribution is -2.13. The standard InChI is InChI=1S/C14H15N3O4/c1-8-12(7-17(2)16-8)15-13(18)9-4-10(14(19)20)6-11(5-9)21-3/h4-7H,1-3H3,(H,15,18)(H,19,20). The van der Waals surface area contributed by atoms with Crippen LogP contribution in [0.4, 0.5) is 5.69 Å². The number of carbonyl (C=O) groups is 2. The summed E-state index contributed by atoms with van der Waals surface area (Å²) in [6.07, 6.45) is 1.67. The second kappa shape index (κ2) is 5.66. The predicted octanol–water partition coefficient (Wildman–Crippen LogP) is 1.69. The van der Waals surface area contributed by atoms with Gasteiger partial charge >= 0.3 is 5.97 Å². The number of carbonyl (C=O) groups excluding carboxylic acids is 1. The van der Waals surface area contributed by atoms with E-state index in [2.05, 4.69) is 10.4 Å². The fraction of sp³-hybridized carbons (Fsp3) is 0.214. The highest BCUT2D eigenvalue weighted by Gasteiger charge is 2.14. The van der Waals surface area contributed by atoms with Gasteiger partial charge in [-0.1, -0.05) is 0 Å². The summed E-state index contributed by atoms with van der Waals surface area (Å²) in [6, 6.07) is 4.13. The van der Waals surface area contributed by atoms with Crippen molar-refractivity contribution in [2.24, 2.45) is 7.05 Å². The van der Waals surface area contributed by atoms with Crippen molar-refractivity contribution in [2.45, 2.75) is 6.92 Å². The Morgan fingerprint density at radius 3 is 2.48 bits per heavy atom. The smallest absolute Gasteiger partial charge is 0.335 e. The van der Waals surface area contributed by atoms with E-state index in [4.69, 9.17) is 9.84 Å². The number of rotatable bonds is 4. The van der Waals surface area contributed by atoms with E-state index in [0.29, 0.717) is 17.1 Å². The SMILES string of the molecule is COc1cc(C(=O)O)cc(C(=O)Nc2cn(C)nc2C)c1. The van der Waals surface area contributed by atoms with E-state index in [9.17, 15) is 9.59 Å². The molecule has 1 amide bonds. The van der Waals surface area contributed by atoms with E-state index in [-0.39, 0.29) is 11.1 Å². The molecule has 2 rings (SSSR count). The third-order valence-electron chi connectivity index (χ3n) is 2.91. The minimum atomic E-state index is -1.12. The average Bonchev–Trinajstić information content (AvgIpc) is 2.76. The van der Waals surface area contributed by atoms with E-state index < -0.39 is 11.9 Å². The van der Waals surface area contributed by atoms with Crippen molar-refractivity contribution in [2.75, 3.05) is 12.4 Å². The van der Waals surface area contributed by atoms with Gasteiger partial charge in [0.05, 0.1) is 24.1 Å². The molecule has 0 bridgehead atoms. The van der Waals surface area contributed by atoms with Gasteiger partial charge in [0.1, 0.15) is 5.75 Å². The van der Waals surface area contributed by atoms with E-state index >= 15 is 0 Å². The van der Waals surface area contributed by atoms with Gasteiger partial charge in [-0.3, -0.25) is 9.48 Å². The highest BCUT2D eigenvalue weighted by atomic mass is 16.5. The number of nitrogens with one attached hydrogen (secondary N) is 1. The van der Waals surface area contributed by atoms with Gasteiger partial charge < -0.3 is 15.2 Å². The van der Waals surface area contributed by atoms with Crippen molar-refractivity contribution < 1.29 is 19.4 Å². The second-order valence-electron chi connectivity index (χ2n) is 4.51. The Bertz CT molecular complexity index is 706. The van der Waals surface area contributed by atoms with Crippen LogP contribution in [0.1, 0.15) is 26.4 Å². The van der Waals surface area contributed by atoms with E-state index in [1.165, 1.54) is 25.3 Å². The normalized spacial score (nSPS) is 10.2. The number of carboxylic acid groups (broad SMARTS) is 1. The average molecular weight is 289 g/mol.